The highest BCUT2D eigenvalue weighted by Crippen LogP contribution is 2.16. The number of hydrogen-bond acceptors (Lipinski definition) is 2. The third-order valence-electron chi connectivity index (χ3n) is 4.00. The fourth-order valence-corrected chi connectivity index (χ4v) is 2.60. The first-order valence-corrected chi connectivity index (χ1v) is 7.14. The second-order valence-corrected chi connectivity index (χ2v) is 5.56. The van der Waals surface area contributed by atoms with Gasteiger partial charge in [0.25, 0.3) is 0 Å². The fourth-order valence-electron chi connectivity index (χ4n) is 2.60. The van der Waals surface area contributed by atoms with E-state index in [9.17, 15) is 9.18 Å². The van der Waals surface area contributed by atoms with Gasteiger partial charge in [-0.2, -0.15) is 5.10 Å². The molecule has 0 saturated heterocycles. The molecule has 4 heteroatoms. The topological polar surface area (TPSA) is 34.9 Å². The second kappa shape index (κ2) is 6.20. The highest BCUT2D eigenvalue weighted by atomic mass is 19.1. The van der Waals surface area contributed by atoms with Crippen molar-refractivity contribution in [1.29, 1.82) is 0 Å². The van der Waals surface area contributed by atoms with Crippen molar-refractivity contribution in [2.45, 2.75) is 40.0 Å². The SMILES string of the molecule is Cc1cc(F)ccc1CC(=O)CCc1c(C)nn(C)c1C. The average Bonchev–Trinajstić information content (AvgIpc) is 2.65. The number of carbonyl (C=O) groups excluding carboxylic acids is 1. The molecule has 0 unspecified atom stereocenters. The van der Waals surface area contributed by atoms with E-state index in [1.165, 1.54) is 12.1 Å². The molecule has 0 N–H and O–H groups in total. The predicted molar refractivity (Wildman–Crippen MR) is 80.9 cm³/mol. The maximum absolute atomic E-state index is 13.1. The summed E-state index contributed by atoms with van der Waals surface area (Å²) in [6, 6.07) is 4.58. The number of Topliss-reactive ketones (excluding diaryl/α,β-unsaturated/α-hetero) is 1. The Kier molecular flexibility index (Phi) is 4.56. The lowest BCUT2D eigenvalue weighted by atomic mass is 9.99. The molecule has 2 rings (SSSR count). The molecule has 0 radical (unpaired) electrons. The van der Waals surface area contributed by atoms with Crippen LogP contribution >= 0.6 is 0 Å². The molecule has 0 saturated carbocycles. The Labute approximate surface area is 124 Å². The minimum absolute atomic E-state index is 0.173. The standard InChI is InChI=1S/C17H21FN2O/c1-11-9-15(18)6-5-14(11)10-16(21)7-8-17-12(2)19-20(4)13(17)3/h5-6,9H,7-8,10H2,1-4H3. The van der Waals surface area contributed by atoms with Gasteiger partial charge in [0, 0.05) is 25.6 Å². The van der Waals surface area contributed by atoms with Crippen LogP contribution in [-0.4, -0.2) is 15.6 Å². The van der Waals surface area contributed by atoms with E-state index in [2.05, 4.69) is 5.10 Å². The van der Waals surface area contributed by atoms with Crippen LogP contribution in [0.1, 0.15) is 34.5 Å². The zero-order valence-corrected chi connectivity index (χ0v) is 13.0. The predicted octanol–water partition coefficient (Wildman–Crippen LogP) is 3.23. The molecule has 0 aliphatic heterocycles. The van der Waals surface area contributed by atoms with Gasteiger partial charge in [-0.25, -0.2) is 4.39 Å². The second-order valence-electron chi connectivity index (χ2n) is 5.56. The van der Waals surface area contributed by atoms with Gasteiger partial charge < -0.3 is 0 Å². The molecule has 0 aliphatic rings. The Morgan fingerprint density at radius 1 is 1.29 bits per heavy atom. The lowest BCUT2D eigenvalue weighted by Gasteiger charge is -2.06. The molecule has 1 aromatic carbocycles. The number of aromatic nitrogens is 2. The third-order valence-corrected chi connectivity index (χ3v) is 4.00. The van der Waals surface area contributed by atoms with E-state index >= 15 is 0 Å². The molecule has 2 aromatic rings. The van der Waals surface area contributed by atoms with Gasteiger partial charge in [0.2, 0.25) is 0 Å². The van der Waals surface area contributed by atoms with Crippen molar-refractivity contribution in [2.75, 3.05) is 0 Å². The number of rotatable bonds is 5. The van der Waals surface area contributed by atoms with Gasteiger partial charge in [-0.15, -0.1) is 0 Å². The largest absolute Gasteiger partial charge is 0.299 e. The van der Waals surface area contributed by atoms with Crippen LogP contribution < -0.4 is 0 Å². The molecule has 0 aliphatic carbocycles. The molecule has 0 atom stereocenters. The Morgan fingerprint density at radius 3 is 2.57 bits per heavy atom. The summed E-state index contributed by atoms with van der Waals surface area (Å²) in [6.45, 7) is 5.82. The zero-order valence-electron chi connectivity index (χ0n) is 13.0. The molecule has 21 heavy (non-hydrogen) atoms. The van der Waals surface area contributed by atoms with E-state index in [4.69, 9.17) is 0 Å². The van der Waals surface area contributed by atoms with Gasteiger partial charge in [0.05, 0.1) is 5.69 Å². The smallest absolute Gasteiger partial charge is 0.137 e. The summed E-state index contributed by atoms with van der Waals surface area (Å²) >= 11 is 0. The number of aryl methyl sites for hydroxylation is 3. The summed E-state index contributed by atoms with van der Waals surface area (Å²) in [7, 11) is 1.91. The number of ketones is 1. The van der Waals surface area contributed by atoms with Crippen LogP contribution in [0.2, 0.25) is 0 Å². The minimum Gasteiger partial charge on any atom is -0.299 e. The first-order valence-electron chi connectivity index (χ1n) is 7.14. The quantitative estimate of drug-likeness (QED) is 0.846. The Bertz CT molecular complexity index is 674. The van der Waals surface area contributed by atoms with Gasteiger partial charge in [-0.1, -0.05) is 6.07 Å². The number of benzene rings is 1. The Morgan fingerprint density at radius 2 is 2.00 bits per heavy atom. The van der Waals surface area contributed by atoms with E-state index in [0.29, 0.717) is 19.3 Å². The van der Waals surface area contributed by atoms with Gasteiger partial charge in [0.15, 0.2) is 0 Å². The minimum atomic E-state index is -0.259. The van der Waals surface area contributed by atoms with Gasteiger partial charge in [0.1, 0.15) is 11.6 Å². The van der Waals surface area contributed by atoms with E-state index in [1.807, 2.05) is 32.5 Å². The van der Waals surface area contributed by atoms with Crippen molar-refractivity contribution >= 4 is 5.78 Å². The first-order chi connectivity index (χ1) is 9.88. The molecule has 112 valence electrons. The lowest BCUT2D eigenvalue weighted by molar-refractivity contribution is -0.118. The van der Waals surface area contributed by atoms with E-state index in [-0.39, 0.29) is 11.6 Å². The molecule has 1 aromatic heterocycles. The average molecular weight is 288 g/mol. The monoisotopic (exact) mass is 288 g/mol. The van der Waals surface area contributed by atoms with E-state index in [1.54, 1.807) is 6.07 Å². The van der Waals surface area contributed by atoms with Crippen LogP contribution in [0.4, 0.5) is 4.39 Å². The summed E-state index contributed by atoms with van der Waals surface area (Å²) < 4.78 is 14.9. The molecule has 0 bridgehead atoms. The summed E-state index contributed by atoms with van der Waals surface area (Å²) in [5.41, 5.74) is 4.99. The molecule has 3 nitrogen and oxygen atoms in total. The van der Waals surface area contributed by atoms with Crippen LogP contribution in [0.5, 0.6) is 0 Å². The maximum atomic E-state index is 13.1. The lowest BCUT2D eigenvalue weighted by Crippen LogP contribution is -2.06. The molecular formula is C17H21FN2O. The van der Waals surface area contributed by atoms with Crippen LogP contribution in [0.15, 0.2) is 18.2 Å². The number of nitrogens with zero attached hydrogens (tertiary/aromatic N) is 2. The van der Waals surface area contributed by atoms with Crippen molar-refractivity contribution in [2.24, 2.45) is 7.05 Å². The van der Waals surface area contributed by atoms with Crippen LogP contribution in [0.25, 0.3) is 0 Å². The molecule has 1 heterocycles. The summed E-state index contributed by atoms with van der Waals surface area (Å²) in [5, 5.41) is 4.36. The highest BCUT2D eigenvalue weighted by Gasteiger charge is 2.12. The van der Waals surface area contributed by atoms with Crippen LogP contribution in [0, 0.1) is 26.6 Å². The van der Waals surface area contributed by atoms with Gasteiger partial charge in [-0.05, 0) is 56.0 Å². The molecule has 0 fully saturated rings. The summed E-state index contributed by atoms with van der Waals surface area (Å²) in [6.07, 6.45) is 1.57. The van der Waals surface area contributed by atoms with E-state index in [0.717, 1.165) is 28.1 Å². The van der Waals surface area contributed by atoms with E-state index < -0.39 is 0 Å². The van der Waals surface area contributed by atoms with Gasteiger partial charge in [-0.3, -0.25) is 9.48 Å². The summed E-state index contributed by atoms with van der Waals surface area (Å²) in [5.74, 6) is -0.0855. The molecule has 0 amide bonds. The fraction of sp³-hybridized carbons (Fsp3) is 0.412. The molecular weight excluding hydrogens is 267 g/mol. The summed E-state index contributed by atoms with van der Waals surface area (Å²) in [4.78, 5) is 12.1. The highest BCUT2D eigenvalue weighted by molar-refractivity contribution is 5.81. The molecule has 0 spiro atoms. The van der Waals surface area contributed by atoms with Crippen LogP contribution in [0.3, 0.4) is 0 Å². The normalized spacial score (nSPS) is 10.9. The number of carbonyl (C=O) groups is 1. The van der Waals surface area contributed by atoms with Crippen molar-refractivity contribution in [3.8, 4) is 0 Å². The first kappa shape index (κ1) is 15.4. The Balaban J connectivity index is 1.99. The van der Waals surface area contributed by atoms with Crippen molar-refractivity contribution in [3.63, 3.8) is 0 Å². The van der Waals surface area contributed by atoms with Crippen molar-refractivity contribution in [3.05, 3.63) is 52.1 Å². The van der Waals surface area contributed by atoms with Gasteiger partial charge >= 0.3 is 0 Å². The van der Waals surface area contributed by atoms with Crippen LogP contribution in [-0.2, 0) is 24.7 Å². The van der Waals surface area contributed by atoms with Crippen molar-refractivity contribution in [1.82, 2.24) is 9.78 Å². The number of hydrogen-bond donors (Lipinski definition) is 0. The maximum Gasteiger partial charge on any atom is 0.137 e. The van der Waals surface area contributed by atoms with Crippen molar-refractivity contribution < 1.29 is 9.18 Å². The number of halogens is 1. The zero-order chi connectivity index (χ0) is 15.6. The Hall–Kier alpha value is -1.97. The third kappa shape index (κ3) is 3.57.